The fraction of sp³-hybridized carbons (Fsp3) is 0.214. The topological polar surface area (TPSA) is 69.5 Å². The van der Waals surface area contributed by atoms with Crippen molar-refractivity contribution in [1.82, 2.24) is 24.6 Å². The predicted octanol–water partition coefficient (Wildman–Crippen LogP) is 2.41. The molecule has 0 saturated heterocycles. The summed E-state index contributed by atoms with van der Waals surface area (Å²) in [6.45, 7) is 0.543. The molecule has 0 atom stereocenters. The number of fused-ring (bicyclic) bond motifs is 2. The van der Waals surface area contributed by atoms with Crippen LogP contribution in [0.15, 0.2) is 24.5 Å². The molecule has 3 aromatic rings. The summed E-state index contributed by atoms with van der Waals surface area (Å²) in [5.74, 6) is -0.197. The molecule has 0 spiro atoms. The molecule has 0 fully saturated rings. The first-order valence-corrected chi connectivity index (χ1v) is 7.72. The number of anilines is 1. The number of H-pyrrole nitrogens is 1. The van der Waals surface area contributed by atoms with E-state index in [0.717, 1.165) is 11.4 Å². The van der Waals surface area contributed by atoms with E-state index in [1.54, 1.807) is 28.3 Å². The van der Waals surface area contributed by atoms with Crippen molar-refractivity contribution in [3.8, 4) is 0 Å². The number of rotatable bonds is 1. The Bertz CT molecular complexity index is 917. The second-order valence-corrected chi connectivity index (χ2v) is 6.13. The zero-order chi connectivity index (χ0) is 16.1. The van der Waals surface area contributed by atoms with Gasteiger partial charge < -0.3 is 4.98 Å². The molecule has 0 aromatic carbocycles. The zero-order valence-electron chi connectivity index (χ0n) is 12.1. The SMILES string of the molecule is CN1c2cc(Cl)[nH]c2CCN1C(=O)c1cc2ncc(Cl)cn2n1. The maximum absolute atomic E-state index is 12.8. The van der Waals surface area contributed by atoms with Crippen molar-refractivity contribution in [2.45, 2.75) is 6.42 Å². The number of aromatic nitrogens is 4. The first kappa shape index (κ1) is 14.3. The highest BCUT2D eigenvalue weighted by molar-refractivity contribution is 6.30. The maximum atomic E-state index is 12.8. The van der Waals surface area contributed by atoms with E-state index in [4.69, 9.17) is 23.2 Å². The lowest BCUT2D eigenvalue weighted by Gasteiger charge is -2.36. The molecule has 0 saturated carbocycles. The lowest BCUT2D eigenvalue weighted by atomic mass is 10.2. The molecular weight excluding hydrogens is 339 g/mol. The lowest BCUT2D eigenvalue weighted by Crippen LogP contribution is -2.48. The smallest absolute Gasteiger partial charge is 0.292 e. The summed E-state index contributed by atoms with van der Waals surface area (Å²) in [6, 6.07) is 3.45. The Morgan fingerprint density at radius 1 is 1.35 bits per heavy atom. The molecular formula is C14H12Cl2N6O. The third kappa shape index (κ3) is 2.32. The van der Waals surface area contributed by atoms with Crippen LogP contribution in [0.1, 0.15) is 16.2 Å². The number of hydrogen-bond donors (Lipinski definition) is 1. The molecule has 7 nitrogen and oxygen atoms in total. The third-order valence-electron chi connectivity index (χ3n) is 3.86. The average Bonchev–Trinajstić information content (AvgIpc) is 3.09. The third-order valence-corrected chi connectivity index (χ3v) is 4.26. The highest BCUT2D eigenvalue weighted by atomic mass is 35.5. The molecule has 1 aliphatic heterocycles. The van der Waals surface area contributed by atoms with Crippen molar-refractivity contribution >= 4 is 40.4 Å². The van der Waals surface area contributed by atoms with E-state index in [2.05, 4.69) is 15.1 Å². The summed E-state index contributed by atoms with van der Waals surface area (Å²) >= 11 is 11.9. The molecule has 0 bridgehead atoms. The van der Waals surface area contributed by atoms with Crippen LogP contribution in [-0.4, -0.2) is 44.1 Å². The van der Waals surface area contributed by atoms with Crippen molar-refractivity contribution in [3.63, 3.8) is 0 Å². The first-order valence-electron chi connectivity index (χ1n) is 6.97. The number of hydrazine groups is 1. The van der Waals surface area contributed by atoms with Gasteiger partial charge in [-0.3, -0.25) is 9.80 Å². The second kappa shape index (κ2) is 5.14. The molecule has 1 aliphatic rings. The number of amides is 1. The molecule has 3 aromatic heterocycles. The Labute approximate surface area is 141 Å². The van der Waals surface area contributed by atoms with Gasteiger partial charge in [0.15, 0.2) is 11.3 Å². The van der Waals surface area contributed by atoms with E-state index in [1.807, 2.05) is 7.05 Å². The second-order valence-electron chi connectivity index (χ2n) is 5.29. The average molecular weight is 351 g/mol. The van der Waals surface area contributed by atoms with Gasteiger partial charge in [-0.1, -0.05) is 23.2 Å². The van der Waals surface area contributed by atoms with E-state index in [-0.39, 0.29) is 5.91 Å². The number of halogens is 2. The minimum atomic E-state index is -0.197. The van der Waals surface area contributed by atoms with Crippen LogP contribution in [0.3, 0.4) is 0 Å². The Morgan fingerprint density at radius 2 is 2.17 bits per heavy atom. The van der Waals surface area contributed by atoms with E-state index in [9.17, 15) is 4.79 Å². The van der Waals surface area contributed by atoms with Crippen LogP contribution >= 0.6 is 23.2 Å². The van der Waals surface area contributed by atoms with Gasteiger partial charge in [-0.25, -0.2) is 14.5 Å². The summed E-state index contributed by atoms with van der Waals surface area (Å²) in [5, 5.41) is 8.70. The van der Waals surface area contributed by atoms with Crippen LogP contribution < -0.4 is 5.01 Å². The molecule has 0 unspecified atom stereocenters. The number of nitrogens with zero attached hydrogens (tertiary/aromatic N) is 5. The van der Waals surface area contributed by atoms with Crippen LogP contribution in [0, 0.1) is 0 Å². The predicted molar refractivity (Wildman–Crippen MR) is 86.9 cm³/mol. The van der Waals surface area contributed by atoms with Gasteiger partial charge >= 0.3 is 0 Å². The Hall–Kier alpha value is -2.25. The van der Waals surface area contributed by atoms with Gasteiger partial charge in [0, 0.05) is 44.0 Å². The van der Waals surface area contributed by atoms with E-state index in [1.165, 1.54) is 10.7 Å². The number of hydrogen-bond acceptors (Lipinski definition) is 4. The largest absolute Gasteiger partial charge is 0.348 e. The van der Waals surface area contributed by atoms with Crippen LogP contribution in [0.2, 0.25) is 10.2 Å². The van der Waals surface area contributed by atoms with Crippen LogP contribution in [0.25, 0.3) is 5.65 Å². The summed E-state index contributed by atoms with van der Waals surface area (Å²) in [5.41, 5.74) is 2.80. The molecule has 0 radical (unpaired) electrons. The summed E-state index contributed by atoms with van der Waals surface area (Å²) in [6.07, 6.45) is 3.84. The lowest BCUT2D eigenvalue weighted by molar-refractivity contribution is 0.0732. The molecule has 4 rings (SSSR count). The Morgan fingerprint density at radius 3 is 3.00 bits per heavy atom. The number of aromatic amines is 1. The standard InChI is InChI=1S/C14H12Cl2N6O/c1-20-11-5-12(16)18-9(11)2-3-22(20)14(23)10-4-13-17-6-8(15)7-21(13)19-10/h4-7,18H,2-3H2,1H3. The molecule has 23 heavy (non-hydrogen) atoms. The van der Waals surface area contributed by atoms with Gasteiger partial charge in [-0.15, -0.1) is 0 Å². The molecule has 118 valence electrons. The minimum absolute atomic E-state index is 0.197. The van der Waals surface area contributed by atoms with Crippen molar-refractivity contribution in [2.75, 3.05) is 18.6 Å². The van der Waals surface area contributed by atoms with Gasteiger partial charge in [0.25, 0.3) is 5.91 Å². The Balaban J connectivity index is 1.68. The minimum Gasteiger partial charge on any atom is -0.348 e. The number of nitrogens with one attached hydrogen (secondary N) is 1. The van der Waals surface area contributed by atoms with Gasteiger partial charge in [0.2, 0.25) is 0 Å². The maximum Gasteiger partial charge on any atom is 0.292 e. The van der Waals surface area contributed by atoms with Crippen molar-refractivity contribution in [1.29, 1.82) is 0 Å². The van der Waals surface area contributed by atoms with Gasteiger partial charge in [-0.05, 0) is 0 Å². The van der Waals surface area contributed by atoms with E-state index < -0.39 is 0 Å². The van der Waals surface area contributed by atoms with Gasteiger partial charge in [0.1, 0.15) is 5.15 Å². The summed E-state index contributed by atoms with van der Waals surface area (Å²) in [4.78, 5) is 20.0. The number of carbonyl (C=O) groups excluding carboxylic acids is 1. The van der Waals surface area contributed by atoms with Crippen molar-refractivity contribution in [3.05, 3.63) is 46.1 Å². The normalized spacial score (nSPS) is 14.4. The fourth-order valence-electron chi connectivity index (χ4n) is 2.76. The van der Waals surface area contributed by atoms with Gasteiger partial charge in [-0.2, -0.15) is 5.10 Å². The van der Waals surface area contributed by atoms with Crippen LogP contribution in [0.5, 0.6) is 0 Å². The van der Waals surface area contributed by atoms with E-state index >= 15 is 0 Å². The van der Waals surface area contributed by atoms with Crippen LogP contribution in [-0.2, 0) is 6.42 Å². The summed E-state index contributed by atoms with van der Waals surface area (Å²) < 4.78 is 1.50. The Kier molecular flexibility index (Phi) is 3.21. The summed E-state index contributed by atoms with van der Waals surface area (Å²) in [7, 11) is 1.82. The van der Waals surface area contributed by atoms with Crippen molar-refractivity contribution < 1.29 is 4.79 Å². The highest BCUT2D eigenvalue weighted by Gasteiger charge is 2.29. The van der Waals surface area contributed by atoms with Crippen LogP contribution in [0.4, 0.5) is 5.69 Å². The highest BCUT2D eigenvalue weighted by Crippen LogP contribution is 2.30. The fourth-order valence-corrected chi connectivity index (χ4v) is 3.12. The first-order chi connectivity index (χ1) is 11.0. The van der Waals surface area contributed by atoms with Crippen molar-refractivity contribution in [2.24, 2.45) is 0 Å². The molecule has 4 heterocycles. The number of carbonyl (C=O) groups is 1. The van der Waals surface area contributed by atoms with E-state index in [0.29, 0.717) is 34.5 Å². The molecule has 1 N–H and O–H groups in total. The molecule has 9 heteroatoms. The monoisotopic (exact) mass is 350 g/mol. The quantitative estimate of drug-likeness (QED) is 0.731. The zero-order valence-corrected chi connectivity index (χ0v) is 13.6. The molecule has 1 amide bonds. The van der Waals surface area contributed by atoms with Gasteiger partial charge in [0.05, 0.1) is 16.9 Å². The molecule has 0 aliphatic carbocycles.